The van der Waals surface area contributed by atoms with Crippen LogP contribution in [-0.2, 0) is 6.18 Å². The molecule has 0 saturated carbocycles. The first-order valence-corrected chi connectivity index (χ1v) is 5.97. The molecule has 0 bridgehead atoms. The van der Waals surface area contributed by atoms with Crippen LogP contribution in [0.2, 0.25) is 0 Å². The Bertz CT molecular complexity index is 655. The SMILES string of the molecule is Cc1cc(C(=O)O)ccc1Oc1nc(C(F)(F)F)ns1. The first-order valence-electron chi connectivity index (χ1n) is 5.20. The molecule has 1 heterocycles. The highest BCUT2D eigenvalue weighted by molar-refractivity contribution is 7.07. The molecule has 2 aromatic rings. The van der Waals surface area contributed by atoms with Gasteiger partial charge in [-0.05, 0) is 30.7 Å². The molecule has 0 amide bonds. The third-order valence-corrected chi connectivity index (χ3v) is 2.88. The van der Waals surface area contributed by atoms with Gasteiger partial charge in [-0.25, -0.2) is 4.79 Å². The van der Waals surface area contributed by atoms with E-state index in [2.05, 4.69) is 9.36 Å². The molecule has 106 valence electrons. The molecular weight excluding hydrogens is 297 g/mol. The number of aromatic carboxylic acids is 1. The summed E-state index contributed by atoms with van der Waals surface area (Å²) >= 11 is 0.471. The number of ether oxygens (including phenoxy) is 1. The number of hydrogen-bond acceptors (Lipinski definition) is 5. The molecular formula is C11H7F3N2O3S. The van der Waals surface area contributed by atoms with Gasteiger partial charge in [0.05, 0.1) is 5.56 Å². The van der Waals surface area contributed by atoms with E-state index in [-0.39, 0.29) is 16.5 Å². The molecule has 0 spiro atoms. The normalized spacial score (nSPS) is 11.4. The highest BCUT2D eigenvalue weighted by Crippen LogP contribution is 2.32. The Morgan fingerprint density at radius 3 is 2.60 bits per heavy atom. The minimum absolute atomic E-state index is 0.0584. The Hall–Kier alpha value is -2.16. The molecule has 0 unspecified atom stereocenters. The van der Waals surface area contributed by atoms with E-state index in [1.807, 2.05) is 0 Å². The first kappa shape index (κ1) is 14.3. The van der Waals surface area contributed by atoms with Gasteiger partial charge in [-0.3, -0.25) is 0 Å². The van der Waals surface area contributed by atoms with Crippen LogP contribution in [0.5, 0.6) is 10.9 Å². The predicted octanol–water partition coefficient (Wildman–Crippen LogP) is 3.36. The van der Waals surface area contributed by atoms with Crippen molar-refractivity contribution in [2.75, 3.05) is 0 Å². The Labute approximate surface area is 114 Å². The topological polar surface area (TPSA) is 72.3 Å². The van der Waals surface area contributed by atoms with Crippen molar-refractivity contribution in [2.45, 2.75) is 13.1 Å². The number of carboxylic acid groups (broad SMARTS) is 1. The van der Waals surface area contributed by atoms with E-state index in [4.69, 9.17) is 9.84 Å². The number of hydrogen-bond donors (Lipinski definition) is 1. The van der Waals surface area contributed by atoms with Crippen molar-refractivity contribution in [1.29, 1.82) is 0 Å². The standard InChI is InChI=1S/C11H7F3N2O3S/c1-5-4-6(8(17)18)2-3-7(5)19-10-15-9(16-20-10)11(12,13)14/h2-4H,1H3,(H,17,18). The second-order valence-corrected chi connectivity index (χ2v) is 4.48. The van der Waals surface area contributed by atoms with Crippen LogP contribution in [0, 0.1) is 6.92 Å². The van der Waals surface area contributed by atoms with Gasteiger partial charge in [0.25, 0.3) is 11.0 Å². The molecule has 1 aromatic heterocycles. The number of alkyl halides is 3. The number of carboxylic acids is 1. The van der Waals surface area contributed by atoms with Gasteiger partial charge in [-0.2, -0.15) is 22.5 Å². The number of nitrogens with zero attached hydrogens (tertiary/aromatic N) is 2. The Kier molecular flexibility index (Phi) is 3.62. The number of aryl methyl sites for hydroxylation is 1. The van der Waals surface area contributed by atoms with Crippen molar-refractivity contribution in [3.05, 3.63) is 35.2 Å². The van der Waals surface area contributed by atoms with Gasteiger partial charge < -0.3 is 9.84 Å². The summed E-state index contributed by atoms with van der Waals surface area (Å²) < 4.78 is 45.3. The quantitative estimate of drug-likeness (QED) is 0.941. The highest BCUT2D eigenvalue weighted by Gasteiger charge is 2.36. The molecule has 0 aliphatic rings. The number of rotatable bonds is 3. The molecule has 20 heavy (non-hydrogen) atoms. The lowest BCUT2D eigenvalue weighted by Gasteiger charge is -2.06. The summed E-state index contributed by atoms with van der Waals surface area (Å²) in [6.07, 6.45) is -4.62. The average Bonchev–Trinajstić information content (AvgIpc) is 2.80. The average molecular weight is 304 g/mol. The van der Waals surface area contributed by atoms with Crippen molar-refractivity contribution in [3.63, 3.8) is 0 Å². The molecule has 0 saturated heterocycles. The van der Waals surface area contributed by atoms with Gasteiger partial charge in [-0.1, -0.05) is 0 Å². The van der Waals surface area contributed by atoms with E-state index in [1.165, 1.54) is 18.2 Å². The molecule has 5 nitrogen and oxygen atoms in total. The van der Waals surface area contributed by atoms with Crippen LogP contribution in [0.15, 0.2) is 18.2 Å². The van der Waals surface area contributed by atoms with E-state index >= 15 is 0 Å². The van der Waals surface area contributed by atoms with Crippen LogP contribution in [-0.4, -0.2) is 20.4 Å². The number of benzene rings is 1. The lowest BCUT2D eigenvalue weighted by Crippen LogP contribution is -2.07. The van der Waals surface area contributed by atoms with E-state index in [9.17, 15) is 18.0 Å². The molecule has 1 aromatic carbocycles. The van der Waals surface area contributed by atoms with Gasteiger partial charge >= 0.3 is 12.1 Å². The summed E-state index contributed by atoms with van der Waals surface area (Å²) in [5, 5.41) is 8.54. The second kappa shape index (κ2) is 5.08. The molecule has 1 N–H and O–H groups in total. The van der Waals surface area contributed by atoms with Gasteiger partial charge in [0.2, 0.25) is 0 Å². The summed E-state index contributed by atoms with van der Waals surface area (Å²) in [4.78, 5) is 14.0. The Morgan fingerprint density at radius 1 is 1.40 bits per heavy atom. The summed E-state index contributed by atoms with van der Waals surface area (Å²) in [5.74, 6) is -2.15. The maximum Gasteiger partial charge on any atom is 0.452 e. The molecule has 0 aliphatic heterocycles. The van der Waals surface area contributed by atoms with Crippen molar-refractivity contribution in [3.8, 4) is 10.9 Å². The molecule has 0 atom stereocenters. The van der Waals surface area contributed by atoms with Gasteiger partial charge in [0.15, 0.2) is 0 Å². The maximum absolute atomic E-state index is 12.3. The zero-order valence-electron chi connectivity index (χ0n) is 9.93. The van der Waals surface area contributed by atoms with Crippen molar-refractivity contribution in [1.82, 2.24) is 9.36 Å². The Balaban J connectivity index is 2.22. The largest absolute Gasteiger partial charge is 0.478 e. The second-order valence-electron chi connectivity index (χ2n) is 3.77. The maximum atomic E-state index is 12.3. The van der Waals surface area contributed by atoms with Gasteiger partial charge in [0, 0.05) is 11.5 Å². The lowest BCUT2D eigenvalue weighted by molar-refractivity contribution is -0.144. The molecule has 0 radical (unpaired) electrons. The van der Waals surface area contributed by atoms with Crippen LogP contribution < -0.4 is 4.74 Å². The first-order chi connectivity index (χ1) is 9.27. The fraction of sp³-hybridized carbons (Fsp3) is 0.182. The fourth-order valence-corrected chi connectivity index (χ4v) is 1.92. The lowest BCUT2D eigenvalue weighted by atomic mass is 10.1. The van der Waals surface area contributed by atoms with Crippen molar-refractivity contribution >= 4 is 17.5 Å². The minimum atomic E-state index is -4.62. The minimum Gasteiger partial charge on any atom is -0.478 e. The smallest absolute Gasteiger partial charge is 0.452 e. The van der Waals surface area contributed by atoms with E-state index in [0.29, 0.717) is 17.1 Å². The van der Waals surface area contributed by atoms with Gasteiger partial charge in [0.1, 0.15) is 5.75 Å². The summed E-state index contributed by atoms with van der Waals surface area (Å²) in [6, 6.07) is 3.99. The molecule has 2 rings (SSSR count). The highest BCUT2D eigenvalue weighted by atomic mass is 32.1. The van der Waals surface area contributed by atoms with Crippen LogP contribution in [0.1, 0.15) is 21.7 Å². The van der Waals surface area contributed by atoms with E-state index < -0.39 is 18.0 Å². The molecule has 9 heteroatoms. The fourth-order valence-electron chi connectivity index (χ4n) is 1.36. The zero-order valence-corrected chi connectivity index (χ0v) is 10.7. The third-order valence-electron chi connectivity index (χ3n) is 2.28. The molecule has 0 fully saturated rings. The number of carbonyl (C=O) groups is 1. The van der Waals surface area contributed by atoms with Crippen LogP contribution in [0.25, 0.3) is 0 Å². The van der Waals surface area contributed by atoms with Crippen LogP contribution >= 0.6 is 11.5 Å². The predicted molar refractivity (Wildman–Crippen MR) is 63.1 cm³/mol. The van der Waals surface area contributed by atoms with E-state index in [0.717, 1.165) is 0 Å². The van der Waals surface area contributed by atoms with Crippen molar-refractivity contribution in [2.24, 2.45) is 0 Å². The summed E-state index contributed by atoms with van der Waals surface area (Å²) in [5.41, 5.74) is 0.525. The zero-order chi connectivity index (χ0) is 14.9. The summed E-state index contributed by atoms with van der Waals surface area (Å²) in [7, 11) is 0. The van der Waals surface area contributed by atoms with Crippen LogP contribution in [0.3, 0.4) is 0 Å². The number of aromatic nitrogens is 2. The third kappa shape index (κ3) is 3.05. The number of halogens is 3. The van der Waals surface area contributed by atoms with Crippen LogP contribution in [0.4, 0.5) is 13.2 Å². The van der Waals surface area contributed by atoms with E-state index in [1.54, 1.807) is 6.92 Å². The summed E-state index contributed by atoms with van der Waals surface area (Å²) in [6.45, 7) is 1.58. The monoisotopic (exact) mass is 304 g/mol. The van der Waals surface area contributed by atoms with Crippen molar-refractivity contribution < 1.29 is 27.8 Å². The Morgan fingerprint density at radius 2 is 2.10 bits per heavy atom. The van der Waals surface area contributed by atoms with Gasteiger partial charge in [-0.15, -0.1) is 0 Å². The molecule has 0 aliphatic carbocycles.